The van der Waals surface area contributed by atoms with E-state index in [0.29, 0.717) is 0 Å². The Bertz CT molecular complexity index is 826. The molecule has 0 N–H and O–H groups in total. The summed E-state index contributed by atoms with van der Waals surface area (Å²) < 4.78 is 5.35. The van der Waals surface area contributed by atoms with Crippen LogP contribution in [0.2, 0.25) is 0 Å². The lowest BCUT2D eigenvalue weighted by Gasteiger charge is -2.30. The van der Waals surface area contributed by atoms with Gasteiger partial charge >= 0.3 is 0 Å². The first-order valence-electron chi connectivity index (χ1n) is 10.0. The third-order valence-electron chi connectivity index (χ3n) is 5.53. The minimum absolute atomic E-state index is 0.303. The van der Waals surface area contributed by atoms with Gasteiger partial charge in [0.15, 0.2) is 0 Å². The van der Waals surface area contributed by atoms with Crippen LogP contribution >= 0.6 is 0 Å². The first-order chi connectivity index (χ1) is 13.3. The van der Waals surface area contributed by atoms with Crippen LogP contribution < -0.4 is 4.74 Å². The predicted octanol–water partition coefficient (Wildman–Crippen LogP) is 7.09. The fourth-order valence-electron chi connectivity index (χ4n) is 4.02. The summed E-state index contributed by atoms with van der Waals surface area (Å²) >= 11 is 0. The number of benzene rings is 2. The van der Waals surface area contributed by atoms with Crippen LogP contribution in [0.3, 0.4) is 0 Å². The minimum Gasteiger partial charge on any atom is -0.497 e. The van der Waals surface area contributed by atoms with Crippen molar-refractivity contribution in [3.63, 3.8) is 0 Å². The van der Waals surface area contributed by atoms with Gasteiger partial charge in [-0.2, -0.15) is 0 Å². The molecule has 0 amide bonds. The van der Waals surface area contributed by atoms with Crippen molar-refractivity contribution in [2.24, 2.45) is 0 Å². The second kappa shape index (κ2) is 8.90. The van der Waals surface area contributed by atoms with Crippen LogP contribution in [0.5, 0.6) is 5.75 Å². The van der Waals surface area contributed by atoms with E-state index in [1.807, 2.05) is 12.1 Å². The third kappa shape index (κ3) is 3.78. The van der Waals surface area contributed by atoms with E-state index >= 15 is 0 Å². The van der Waals surface area contributed by atoms with Gasteiger partial charge in [-0.3, -0.25) is 0 Å². The standard InChI is InChI=1S/C26H30O/c1-4-6-7-8-9-10-14-23-20-21-13-11-12-15-25(21)26(23,5-2)22-16-18-24(27-3)19-17-22/h5,10-20H,2,4,6-9H2,1,3H3/b14-10+. The van der Waals surface area contributed by atoms with Crippen LogP contribution in [0.4, 0.5) is 0 Å². The van der Waals surface area contributed by atoms with Crippen molar-refractivity contribution in [2.45, 2.75) is 44.4 Å². The van der Waals surface area contributed by atoms with Gasteiger partial charge < -0.3 is 4.74 Å². The van der Waals surface area contributed by atoms with E-state index in [-0.39, 0.29) is 5.41 Å². The van der Waals surface area contributed by atoms with Crippen molar-refractivity contribution < 1.29 is 4.74 Å². The molecular formula is C26H30O. The Morgan fingerprint density at radius 1 is 1.00 bits per heavy atom. The summed E-state index contributed by atoms with van der Waals surface area (Å²) in [5.41, 5.74) is 4.79. The zero-order chi connectivity index (χ0) is 19.1. The normalized spacial score (nSPS) is 18.4. The Morgan fingerprint density at radius 3 is 2.48 bits per heavy atom. The minimum atomic E-state index is -0.303. The van der Waals surface area contributed by atoms with E-state index in [4.69, 9.17) is 4.74 Å². The van der Waals surface area contributed by atoms with Crippen molar-refractivity contribution >= 4 is 6.08 Å². The van der Waals surface area contributed by atoms with Crippen molar-refractivity contribution in [3.8, 4) is 5.75 Å². The molecule has 0 aliphatic heterocycles. The molecule has 0 saturated heterocycles. The molecule has 0 bridgehead atoms. The monoisotopic (exact) mass is 358 g/mol. The smallest absolute Gasteiger partial charge is 0.118 e. The molecule has 1 atom stereocenters. The molecule has 0 spiro atoms. The van der Waals surface area contributed by atoms with E-state index in [0.717, 1.165) is 12.2 Å². The highest BCUT2D eigenvalue weighted by Gasteiger charge is 2.39. The number of ether oxygens (including phenoxy) is 1. The molecule has 0 aromatic heterocycles. The number of rotatable bonds is 9. The van der Waals surface area contributed by atoms with Gasteiger partial charge in [-0.15, -0.1) is 6.58 Å². The summed E-state index contributed by atoms with van der Waals surface area (Å²) in [5.74, 6) is 0.876. The second-order valence-corrected chi connectivity index (χ2v) is 7.18. The summed E-state index contributed by atoms with van der Waals surface area (Å²) in [6.45, 7) is 6.50. The Kier molecular flexibility index (Phi) is 6.34. The number of hydrogen-bond donors (Lipinski definition) is 0. The molecular weight excluding hydrogens is 328 g/mol. The number of allylic oxidation sites excluding steroid dienone is 4. The summed E-state index contributed by atoms with van der Waals surface area (Å²) in [5, 5.41) is 0. The fraction of sp³-hybridized carbons (Fsp3) is 0.308. The molecule has 0 saturated carbocycles. The van der Waals surface area contributed by atoms with Crippen molar-refractivity contribution in [1.82, 2.24) is 0 Å². The highest BCUT2D eigenvalue weighted by Crippen LogP contribution is 2.48. The van der Waals surface area contributed by atoms with Gasteiger partial charge in [0, 0.05) is 0 Å². The Balaban J connectivity index is 1.95. The number of fused-ring (bicyclic) bond motifs is 1. The van der Waals surface area contributed by atoms with Gasteiger partial charge in [0.25, 0.3) is 0 Å². The van der Waals surface area contributed by atoms with Gasteiger partial charge in [0.2, 0.25) is 0 Å². The topological polar surface area (TPSA) is 9.23 Å². The highest BCUT2D eigenvalue weighted by molar-refractivity contribution is 5.77. The van der Waals surface area contributed by atoms with Gasteiger partial charge in [0.05, 0.1) is 12.5 Å². The molecule has 2 aromatic rings. The molecule has 1 aliphatic carbocycles. The van der Waals surface area contributed by atoms with Gasteiger partial charge in [-0.05, 0) is 53.3 Å². The van der Waals surface area contributed by atoms with Gasteiger partial charge in [0.1, 0.15) is 5.75 Å². The number of unbranched alkanes of at least 4 members (excludes halogenated alkanes) is 4. The Morgan fingerprint density at radius 2 is 1.78 bits per heavy atom. The average molecular weight is 359 g/mol. The highest BCUT2D eigenvalue weighted by atomic mass is 16.5. The average Bonchev–Trinajstić information content (AvgIpc) is 3.05. The molecule has 0 radical (unpaired) electrons. The molecule has 0 fully saturated rings. The zero-order valence-corrected chi connectivity index (χ0v) is 16.6. The van der Waals surface area contributed by atoms with Crippen LogP contribution in [0.1, 0.15) is 55.7 Å². The summed E-state index contributed by atoms with van der Waals surface area (Å²) in [6.07, 6.45) is 15.3. The maximum Gasteiger partial charge on any atom is 0.118 e. The molecule has 2 aromatic carbocycles. The largest absolute Gasteiger partial charge is 0.497 e. The maximum absolute atomic E-state index is 5.35. The van der Waals surface area contributed by atoms with E-state index in [1.54, 1.807) is 7.11 Å². The van der Waals surface area contributed by atoms with Crippen LogP contribution in [0.25, 0.3) is 6.08 Å². The van der Waals surface area contributed by atoms with Crippen molar-refractivity contribution in [2.75, 3.05) is 7.11 Å². The molecule has 3 rings (SSSR count). The molecule has 0 heterocycles. The molecule has 140 valence electrons. The molecule has 27 heavy (non-hydrogen) atoms. The van der Waals surface area contributed by atoms with E-state index in [9.17, 15) is 0 Å². The SMILES string of the molecule is C=CC1(c2ccc(OC)cc2)C(/C=C/CCCCCC)=Cc2ccccc21. The summed E-state index contributed by atoms with van der Waals surface area (Å²) in [4.78, 5) is 0. The predicted molar refractivity (Wildman–Crippen MR) is 116 cm³/mol. The van der Waals surface area contributed by atoms with Crippen LogP contribution in [0, 0.1) is 0 Å². The summed E-state index contributed by atoms with van der Waals surface area (Å²) in [6, 6.07) is 17.0. The first-order valence-corrected chi connectivity index (χ1v) is 10.0. The molecule has 1 aliphatic rings. The zero-order valence-electron chi connectivity index (χ0n) is 16.6. The van der Waals surface area contributed by atoms with Gasteiger partial charge in [-0.25, -0.2) is 0 Å². The van der Waals surface area contributed by atoms with Crippen LogP contribution in [0.15, 0.2) is 78.9 Å². The van der Waals surface area contributed by atoms with Gasteiger partial charge in [-0.1, -0.05) is 80.8 Å². The number of methoxy groups -OCH3 is 1. The van der Waals surface area contributed by atoms with E-state index in [2.05, 4.69) is 74.2 Å². The molecule has 1 nitrogen and oxygen atoms in total. The number of hydrogen-bond acceptors (Lipinski definition) is 1. The lowest BCUT2D eigenvalue weighted by atomic mass is 9.71. The quantitative estimate of drug-likeness (QED) is 0.343. The van der Waals surface area contributed by atoms with Crippen LogP contribution in [-0.2, 0) is 5.41 Å². The fourth-order valence-corrected chi connectivity index (χ4v) is 4.02. The maximum atomic E-state index is 5.35. The lowest BCUT2D eigenvalue weighted by Crippen LogP contribution is -2.24. The van der Waals surface area contributed by atoms with E-state index in [1.165, 1.54) is 47.9 Å². The second-order valence-electron chi connectivity index (χ2n) is 7.18. The lowest BCUT2D eigenvalue weighted by molar-refractivity contribution is 0.414. The Hall–Kier alpha value is -2.54. The summed E-state index contributed by atoms with van der Waals surface area (Å²) in [7, 11) is 1.70. The van der Waals surface area contributed by atoms with Crippen molar-refractivity contribution in [1.29, 1.82) is 0 Å². The first kappa shape index (κ1) is 19.2. The third-order valence-corrected chi connectivity index (χ3v) is 5.53. The molecule has 1 unspecified atom stereocenters. The van der Waals surface area contributed by atoms with Crippen molar-refractivity contribution in [3.05, 3.63) is 95.6 Å². The van der Waals surface area contributed by atoms with E-state index < -0.39 is 0 Å². The van der Waals surface area contributed by atoms with Crippen LogP contribution in [-0.4, -0.2) is 7.11 Å². The molecule has 1 heteroatoms. The Labute approximate surface area is 164 Å².